The normalized spacial score (nSPS) is 14.6. The molecule has 0 spiro atoms. The van der Waals surface area contributed by atoms with Gasteiger partial charge in [-0.1, -0.05) is 22.0 Å². The molecule has 0 aromatic heterocycles. The van der Waals surface area contributed by atoms with Crippen LogP contribution in [0.4, 0.5) is 5.69 Å². The van der Waals surface area contributed by atoms with Gasteiger partial charge in [-0.05, 0) is 49.4 Å². The Morgan fingerprint density at radius 2 is 1.79 bits per heavy atom. The highest BCUT2D eigenvalue weighted by Crippen LogP contribution is 2.21. The van der Waals surface area contributed by atoms with Crippen molar-refractivity contribution in [2.75, 3.05) is 37.7 Å². The van der Waals surface area contributed by atoms with Gasteiger partial charge in [0.1, 0.15) is 5.75 Å². The zero-order chi connectivity index (χ0) is 16.9. The predicted octanol–water partition coefficient (Wildman–Crippen LogP) is 3.81. The Balaban J connectivity index is 1.60. The van der Waals surface area contributed by atoms with Crippen molar-refractivity contribution in [1.82, 2.24) is 4.90 Å². The van der Waals surface area contributed by atoms with E-state index >= 15 is 0 Å². The SMILES string of the molecule is CCOc1ccc(N2CCN(C(=O)c3cccc(Br)c3)CC2)cc1. The van der Waals surface area contributed by atoms with Gasteiger partial charge in [-0.15, -0.1) is 0 Å². The summed E-state index contributed by atoms with van der Waals surface area (Å²) in [5, 5.41) is 0. The highest BCUT2D eigenvalue weighted by atomic mass is 79.9. The van der Waals surface area contributed by atoms with Crippen LogP contribution in [0.3, 0.4) is 0 Å². The van der Waals surface area contributed by atoms with Gasteiger partial charge in [0.05, 0.1) is 6.61 Å². The third-order valence-corrected chi connectivity index (χ3v) is 4.64. The van der Waals surface area contributed by atoms with Crippen LogP contribution >= 0.6 is 15.9 Å². The van der Waals surface area contributed by atoms with Crippen LogP contribution in [0.15, 0.2) is 53.0 Å². The lowest BCUT2D eigenvalue weighted by Crippen LogP contribution is -2.48. The first-order valence-corrected chi connectivity index (χ1v) is 8.99. The van der Waals surface area contributed by atoms with Crippen LogP contribution in [-0.2, 0) is 0 Å². The fourth-order valence-electron chi connectivity index (χ4n) is 2.89. The smallest absolute Gasteiger partial charge is 0.254 e. The summed E-state index contributed by atoms with van der Waals surface area (Å²) in [4.78, 5) is 16.8. The molecule has 1 aliphatic heterocycles. The highest BCUT2D eigenvalue weighted by Gasteiger charge is 2.22. The number of hydrogen-bond acceptors (Lipinski definition) is 3. The van der Waals surface area contributed by atoms with E-state index in [9.17, 15) is 4.79 Å². The number of carbonyl (C=O) groups excluding carboxylic acids is 1. The third-order valence-electron chi connectivity index (χ3n) is 4.15. The minimum Gasteiger partial charge on any atom is -0.494 e. The topological polar surface area (TPSA) is 32.8 Å². The molecule has 1 aliphatic rings. The molecule has 5 heteroatoms. The zero-order valence-electron chi connectivity index (χ0n) is 13.7. The Morgan fingerprint density at radius 3 is 2.42 bits per heavy atom. The maximum Gasteiger partial charge on any atom is 0.254 e. The van der Waals surface area contributed by atoms with E-state index in [0.29, 0.717) is 6.61 Å². The molecule has 0 radical (unpaired) electrons. The van der Waals surface area contributed by atoms with E-state index < -0.39 is 0 Å². The lowest BCUT2D eigenvalue weighted by Gasteiger charge is -2.36. The molecule has 1 heterocycles. The highest BCUT2D eigenvalue weighted by molar-refractivity contribution is 9.10. The van der Waals surface area contributed by atoms with Gasteiger partial charge in [-0.2, -0.15) is 0 Å². The zero-order valence-corrected chi connectivity index (χ0v) is 15.3. The maximum atomic E-state index is 12.6. The predicted molar refractivity (Wildman–Crippen MR) is 99.9 cm³/mol. The van der Waals surface area contributed by atoms with E-state index in [-0.39, 0.29) is 5.91 Å². The molecule has 0 N–H and O–H groups in total. The molecule has 1 fully saturated rings. The number of carbonyl (C=O) groups is 1. The van der Waals surface area contributed by atoms with E-state index in [4.69, 9.17) is 4.74 Å². The van der Waals surface area contributed by atoms with Crippen LogP contribution in [0, 0.1) is 0 Å². The van der Waals surface area contributed by atoms with E-state index in [1.165, 1.54) is 5.69 Å². The summed E-state index contributed by atoms with van der Waals surface area (Å²) in [5.41, 5.74) is 1.91. The quantitative estimate of drug-likeness (QED) is 0.797. The Kier molecular flexibility index (Phi) is 5.41. The third kappa shape index (κ3) is 3.90. The van der Waals surface area contributed by atoms with Crippen LogP contribution in [-0.4, -0.2) is 43.6 Å². The molecular weight excluding hydrogens is 368 g/mol. The fourth-order valence-corrected chi connectivity index (χ4v) is 3.29. The molecule has 0 saturated carbocycles. The Morgan fingerprint density at radius 1 is 1.08 bits per heavy atom. The van der Waals surface area contributed by atoms with Crippen molar-refractivity contribution in [1.29, 1.82) is 0 Å². The van der Waals surface area contributed by atoms with Crippen molar-refractivity contribution in [3.05, 3.63) is 58.6 Å². The van der Waals surface area contributed by atoms with E-state index in [1.54, 1.807) is 0 Å². The van der Waals surface area contributed by atoms with Crippen LogP contribution in [0.5, 0.6) is 5.75 Å². The number of rotatable bonds is 4. The molecule has 2 aromatic carbocycles. The van der Waals surface area contributed by atoms with Crippen molar-refractivity contribution < 1.29 is 9.53 Å². The molecule has 0 bridgehead atoms. The number of benzene rings is 2. The lowest BCUT2D eigenvalue weighted by molar-refractivity contribution is 0.0746. The number of amides is 1. The van der Waals surface area contributed by atoms with Crippen molar-refractivity contribution in [2.45, 2.75) is 6.92 Å². The molecule has 24 heavy (non-hydrogen) atoms. The molecule has 1 saturated heterocycles. The molecule has 2 aromatic rings. The van der Waals surface area contributed by atoms with Gasteiger partial charge in [-0.3, -0.25) is 4.79 Å². The monoisotopic (exact) mass is 388 g/mol. The van der Waals surface area contributed by atoms with Crippen molar-refractivity contribution >= 4 is 27.5 Å². The average molecular weight is 389 g/mol. The molecule has 0 unspecified atom stereocenters. The minimum atomic E-state index is 0.0997. The molecule has 126 valence electrons. The second-order valence-electron chi connectivity index (χ2n) is 5.72. The molecule has 4 nitrogen and oxygen atoms in total. The van der Waals surface area contributed by atoms with Crippen LogP contribution in [0.25, 0.3) is 0 Å². The number of ether oxygens (including phenoxy) is 1. The Hall–Kier alpha value is -2.01. The Bertz CT molecular complexity index is 695. The largest absolute Gasteiger partial charge is 0.494 e. The summed E-state index contributed by atoms with van der Waals surface area (Å²) < 4.78 is 6.41. The van der Waals surface area contributed by atoms with Gasteiger partial charge in [0.15, 0.2) is 0 Å². The van der Waals surface area contributed by atoms with E-state index in [1.807, 2.05) is 48.2 Å². The van der Waals surface area contributed by atoms with Crippen LogP contribution in [0.1, 0.15) is 17.3 Å². The summed E-state index contributed by atoms with van der Waals surface area (Å²) >= 11 is 3.42. The van der Waals surface area contributed by atoms with Crippen LogP contribution < -0.4 is 9.64 Å². The van der Waals surface area contributed by atoms with Gasteiger partial charge < -0.3 is 14.5 Å². The van der Waals surface area contributed by atoms with Gasteiger partial charge in [-0.25, -0.2) is 0 Å². The summed E-state index contributed by atoms with van der Waals surface area (Å²) in [6, 6.07) is 15.7. The first-order chi connectivity index (χ1) is 11.7. The number of nitrogens with zero attached hydrogens (tertiary/aromatic N) is 2. The standard InChI is InChI=1S/C19H21BrN2O2/c1-2-24-18-8-6-17(7-9-18)21-10-12-22(13-11-21)19(23)15-4-3-5-16(20)14-15/h3-9,14H,2,10-13H2,1H3. The summed E-state index contributed by atoms with van der Waals surface area (Å²) in [7, 11) is 0. The maximum absolute atomic E-state index is 12.6. The molecule has 1 amide bonds. The minimum absolute atomic E-state index is 0.0997. The number of anilines is 1. The molecule has 3 rings (SSSR count). The van der Waals surface area contributed by atoms with E-state index in [0.717, 1.165) is 42.0 Å². The summed E-state index contributed by atoms with van der Waals surface area (Å²) in [6.07, 6.45) is 0. The summed E-state index contributed by atoms with van der Waals surface area (Å²) in [5.74, 6) is 0.993. The summed E-state index contributed by atoms with van der Waals surface area (Å²) in [6.45, 7) is 5.81. The van der Waals surface area contributed by atoms with Gasteiger partial charge in [0.25, 0.3) is 5.91 Å². The molecule has 0 atom stereocenters. The van der Waals surface area contributed by atoms with Crippen molar-refractivity contribution in [2.24, 2.45) is 0 Å². The van der Waals surface area contributed by atoms with Crippen LogP contribution in [0.2, 0.25) is 0 Å². The number of halogens is 1. The van der Waals surface area contributed by atoms with Gasteiger partial charge in [0, 0.05) is 41.9 Å². The lowest BCUT2D eigenvalue weighted by atomic mass is 10.1. The number of hydrogen-bond donors (Lipinski definition) is 0. The molecule has 0 aliphatic carbocycles. The van der Waals surface area contributed by atoms with Crippen molar-refractivity contribution in [3.63, 3.8) is 0 Å². The first-order valence-electron chi connectivity index (χ1n) is 8.20. The van der Waals surface area contributed by atoms with E-state index in [2.05, 4.69) is 33.0 Å². The number of piperazine rings is 1. The van der Waals surface area contributed by atoms with Gasteiger partial charge in [0.2, 0.25) is 0 Å². The Labute approximate surface area is 151 Å². The second-order valence-corrected chi connectivity index (χ2v) is 6.63. The fraction of sp³-hybridized carbons (Fsp3) is 0.316. The van der Waals surface area contributed by atoms with Crippen molar-refractivity contribution in [3.8, 4) is 5.75 Å². The van der Waals surface area contributed by atoms with Gasteiger partial charge >= 0.3 is 0 Å². The second kappa shape index (κ2) is 7.71. The molecular formula is C19H21BrN2O2. The average Bonchev–Trinajstić information content (AvgIpc) is 2.62. The first kappa shape index (κ1) is 16.8.